The van der Waals surface area contributed by atoms with E-state index in [-0.39, 0.29) is 0 Å². The zero-order valence-electron chi connectivity index (χ0n) is 3.65. The van der Waals surface area contributed by atoms with Gasteiger partial charge in [-0.1, -0.05) is 11.4 Å². The Balaban J connectivity index is 3.14. The van der Waals surface area contributed by atoms with E-state index < -0.39 is 0 Å². The predicted octanol–water partition coefficient (Wildman–Crippen LogP) is 1.79. The average molecular weight is 88.1 g/mol. The van der Waals surface area contributed by atoms with Crippen LogP contribution in [-0.4, -0.2) is 0 Å². The van der Waals surface area contributed by atoms with Crippen molar-refractivity contribution < 1.29 is 0 Å². The molecule has 0 radical (unpaired) electrons. The minimum absolute atomic E-state index is 1.30. The topological polar surface area (TPSA) is 0 Å². The van der Waals surface area contributed by atoms with Gasteiger partial charge in [0.1, 0.15) is 0 Å². The molecule has 0 aliphatic carbocycles. The van der Waals surface area contributed by atoms with Gasteiger partial charge in [0.2, 0.25) is 0 Å². The Labute approximate surface area is 35.5 Å². The van der Waals surface area contributed by atoms with Gasteiger partial charge in [0, 0.05) is 0 Å². The normalized spacial score (nSPS) is 12.2. The van der Waals surface area contributed by atoms with Crippen LogP contribution in [-0.2, 0) is 0 Å². The molecule has 1 atom stereocenters. The third-order valence-corrected chi connectivity index (χ3v) is 0.789. The zero-order valence-corrected chi connectivity index (χ0v) is 4.81. The van der Waals surface area contributed by atoms with Crippen molar-refractivity contribution in [2.24, 2.45) is 0 Å². The van der Waals surface area contributed by atoms with Crippen molar-refractivity contribution >= 4 is 9.24 Å². The quantitative estimate of drug-likeness (QED) is 0.396. The number of hydrogen-bond donors (Lipinski definition) is 0. The molecule has 0 saturated heterocycles. The zero-order chi connectivity index (χ0) is 4.28. The summed E-state index contributed by atoms with van der Waals surface area (Å²) in [4.78, 5) is 0. The van der Waals surface area contributed by atoms with Crippen LogP contribution in [0.4, 0.5) is 0 Å². The average Bonchev–Trinajstić information content (AvgIpc) is 1.38. The second kappa shape index (κ2) is 2.41. The van der Waals surface area contributed by atoms with E-state index in [2.05, 4.69) is 9.24 Å². The predicted molar refractivity (Wildman–Crippen MR) is 29.1 cm³/mol. The summed E-state index contributed by atoms with van der Waals surface area (Å²) in [6.45, 7) is 4.06. The van der Waals surface area contributed by atoms with Crippen LogP contribution >= 0.6 is 9.24 Å². The summed E-state index contributed by atoms with van der Waals surface area (Å²) < 4.78 is 0. The molecule has 1 heteroatoms. The maximum absolute atomic E-state index is 2.59. The minimum atomic E-state index is 1.30. The summed E-state index contributed by atoms with van der Waals surface area (Å²) in [6.07, 6.45) is 2.05. The maximum Gasteiger partial charge on any atom is -0.0402 e. The maximum atomic E-state index is 2.59. The molecule has 0 bridgehead atoms. The van der Waals surface area contributed by atoms with Crippen LogP contribution < -0.4 is 0 Å². The van der Waals surface area contributed by atoms with Gasteiger partial charge in [0.25, 0.3) is 0 Å². The van der Waals surface area contributed by atoms with Crippen molar-refractivity contribution in [3.63, 3.8) is 0 Å². The smallest absolute Gasteiger partial charge is 0.0402 e. The molecule has 0 nitrogen and oxygen atoms in total. The fourth-order valence-electron chi connectivity index (χ4n) is 0. The molecule has 0 N–H and O–H groups in total. The minimum Gasteiger partial charge on any atom is -0.111 e. The van der Waals surface area contributed by atoms with Crippen molar-refractivity contribution in [1.82, 2.24) is 0 Å². The van der Waals surface area contributed by atoms with Crippen LogP contribution in [0.2, 0.25) is 0 Å². The molecule has 0 saturated carbocycles. The first-order chi connectivity index (χ1) is 2.27. The Bertz CT molecular complexity index is 41.6. The Kier molecular flexibility index (Phi) is 2.49. The van der Waals surface area contributed by atoms with E-state index in [1.807, 2.05) is 19.9 Å². The molecule has 0 aromatic rings. The van der Waals surface area contributed by atoms with Gasteiger partial charge in [0.15, 0.2) is 0 Å². The summed E-state index contributed by atoms with van der Waals surface area (Å²) in [5.74, 6) is 0. The van der Waals surface area contributed by atoms with Crippen LogP contribution in [0.25, 0.3) is 0 Å². The van der Waals surface area contributed by atoms with E-state index in [0.29, 0.717) is 0 Å². The molecule has 1 unspecified atom stereocenters. The highest BCUT2D eigenvalue weighted by Gasteiger charge is 1.60. The lowest BCUT2D eigenvalue weighted by Gasteiger charge is -1.74. The molecule has 0 spiro atoms. The van der Waals surface area contributed by atoms with Gasteiger partial charge in [-0.05, 0) is 13.8 Å². The fourth-order valence-corrected chi connectivity index (χ4v) is 0. The summed E-state index contributed by atoms with van der Waals surface area (Å²) >= 11 is 0. The van der Waals surface area contributed by atoms with Crippen LogP contribution in [0.15, 0.2) is 11.4 Å². The molecule has 0 aliphatic heterocycles. The van der Waals surface area contributed by atoms with Gasteiger partial charge in [-0.25, -0.2) is 0 Å². The molecule has 0 heterocycles. The Morgan fingerprint density at radius 1 is 1.80 bits per heavy atom. The van der Waals surface area contributed by atoms with Gasteiger partial charge in [-0.15, -0.1) is 9.24 Å². The second-order valence-electron chi connectivity index (χ2n) is 1.03. The van der Waals surface area contributed by atoms with Crippen LogP contribution in [0.1, 0.15) is 13.8 Å². The summed E-state index contributed by atoms with van der Waals surface area (Å²) in [5.41, 5.74) is 0. The molecular weight excluding hydrogens is 79.0 g/mol. The van der Waals surface area contributed by atoms with Gasteiger partial charge >= 0.3 is 0 Å². The molecule has 0 aromatic heterocycles. The molecule has 0 fully saturated rings. The molecule has 30 valence electrons. The van der Waals surface area contributed by atoms with Crippen molar-refractivity contribution in [3.05, 3.63) is 11.4 Å². The molecule has 0 aliphatic rings. The number of hydrogen-bond acceptors (Lipinski definition) is 0. The third kappa shape index (κ3) is 4.17. The molecule has 0 aromatic carbocycles. The third-order valence-electron chi connectivity index (χ3n) is 0.455. The fraction of sp³-hybridized carbons (Fsp3) is 0.500. The standard InChI is InChI=1S/C4H9P/c1-3-4(2)5/h3H,5H2,1-2H3. The Morgan fingerprint density at radius 3 is 2.00 bits per heavy atom. The number of allylic oxidation sites excluding steroid dienone is 2. The first kappa shape index (κ1) is 5.17. The monoisotopic (exact) mass is 88.0 g/mol. The highest BCUT2D eigenvalue weighted by atomic mass is 31.0. The Hall–Kier alpha value is 0.170. The lowest BCUT2D eigenvalue weighted by molar-refractivity contribution is 1.60. The van der Waals surface area contributed by atoms with Crippen LogP contribution in [0.3, 0.4) is 0 Å². The lowest BCUT2D eigenvalue weighted by Crippen LogP contribution is -1.43. The molecular formula is C4H9P. The highest BCUT2D eigenvalue weighted by molar-refractivity contribution is 7.22. The lowest BCUT2D eigenvalue weighted by atomic mass is 10.6. The van der Waals surface area contributed by atoms with E-state index in [9.17, 15) is 0 Å². The van der Waals surface area contributed by atoms with Gasteiger partial charge in [-0.3, -0.25) is 0 Å². The van der Waals surface area contributed by atoms with Gasteiger partial charge < -0.3 is 0 Å². The number of rotatable bonds is 0. The first-order valence-corrected chi connectivity index (χ1v) is 2.23. The van der Waals surface area contributed by atoms with Crippen molar-refractivity contribution in [2.75, 3.05) is 0 Å². The molecule has 0 rings (SSSR count). The van der Waals surface area contributed by atoms with Crippen LogP contribution in [0, 0.1) is 0 Å². The summed E-state index contributed by atoms with van der Waals surface area (Å²) in [6, 6.07) is 0. The molecule has 0 amide bonds. The van der Waals surface area contributed by atoms with Gasteiger partial charge in [-0.2, -0.15) is 0 Å². The van der Waals surface area contributed by atoms with Gasteiger partial charge in [0.05, 0.1) is 0 Å². The van der Waals surface area contributed by atoms with Crippen LogP contribution in [0.5, 0.6) is 0 Å². The van der Waals surface area contributed by atoms with E-state index in [4.69, 9.17) is 0 Å². The van der Waals surface area contributed by atoms with E-state index in [1.54, 1.807) is 0 Å². The second-order valence-corrected chi connectivity index (χ2v) is 1.94. The summed E-state index contributed by atoms with van der Waals surface area (Å²) in [7, 11) is 2.59. The Morgan fingerprint density at radius 2 is 2.00 bits per heavy atom. The SMILES string of the molecule is CC=C(C)P. The molecule has 5 heavy (non-hydrogen) atoms. The van der Waals surface area contributed by atoms with Crippen molar-refractivity contribution in [2.45, 2.75) is 13.8 Å². The first-order valence-electron chi connectivity index (χ1n) is 1.65. The van der Waals surface area contributed by atoms with E-state index in [1.165, 1.54) is 5.31 Å². The van der Waals surface area contributed by atoms with E-state index in [0.717, 1.165) is 0 Å². The van der Waals surface area contributed by atoms with E-state index >= 15 is 0 Å². The highest BCUT2D eigenvalue weighted by Crippen LogP contribution is 1.98. The summed E-state index contributed by atoms with van der Waals surface area (Å²) in [5, 5.41) is 1.30. The van der Waals surface area contributed by atoms with Crippen molar-refractivity contribution in [3.8, 4) is 0 Å². The van der Waals surface area contributed by atoms with Crippen molar-refractivity contribution in [1.29, 1.82) is 0 Å². The largest absolute Gasteiger partial charge is 0.111 e.